The zero-order chi connectivity index (χ0) is 20.3. The van der Waals surface area contributed by atoms with Gasteiger partial charge in [0.15, 0.2) is 0 Å². The fraction of sp³-hybridized carbons (Fsp3) is 0. The van der Waals surface area contributed by atoms with Crippen LogP contribution in [0.5, 0.6) is 0 Å². The summed E-state index contributed by atoms with van der Waals surface area (Å²) in [6.45, 7) is 0. The molecule has 1 N–H and O–H groups in total. The molecule has 30 heavy (non-hydrogen) atoms. The number of rotatable bonds is 4. The number of benzene rings is 5. The van der Waals surface area contributed by atoms with E-state index in [4.69, 9.17) is 0 Å². The standard InChI is InChI=1S/C28H20FN/c29-24-15-11-20(12-16-24)21-13-17-25(18-14-21)30-26-8-3-7-23(19-26)28-10-4-6-22-5-1-2-9-27(22)28/h1-19,30H. The molecule has 5 aromatic rings. The van der Waals surface area contributed by atoms with Crippen molar-refractivity contribution >= 4 is 22.1 Å². The molecule has 1 nitrogen and oxygen atoms in total. The number of nitrogens with one attached hydrogen (secondary N) is 1. The van der Waals surface area contributed by atoms with Crippen molar-refractivity contribution in [3.05, 3.63) is 121 Å². The highest BCUT2D eigenvalue weighted by molar-refractivity contribution is 5.97. The average molecular weight is 389 g/mol. The Hall–Kier alpha value is -3.91. The van der Waals surface area contributed by atoms with Crippen molar-refractivity contribution in [1.29, 1.82) is 0 Å². The van der Waals surface area contributed by atoms with Crippen LogP contribution >= 0.6 is 0 Å². The lowest BCUT2D eigenvalue weighted by atomic mass is 9.98. The monoisotopic (exact) mass is 389 g/mol. The van der Waals surface area contributed by atoms with Crippen LogP contribution in [-0.2, 0) is 0 Å². The minimum absolute atomic E-state index is 0.219. The van der Waals surface area contributed by atoms with Gasteiger partial charge in [-0.1, -0.05) is 78.9 Å². The summed E-state index contributed by atoms with van der Waals surface area (Å²) in [4.78, 5) is 0. The molecule has 0 amide bonds. The van der Waals surface area contributed by atoms with Crippen LogP contribution < -0.4 is 5.32 Å². The first-order valence-corrected chi connectivity index (χ1v) is 9.97. The quantitative estimate of drug-likeness (QED) is 0.328. The van der Waals surface area contributed by atoms with Gasteiger partial charge in [0.1, 0.15) is 5.82 Å². The zero-order valence-electron chi connectivity index (χ0n) is 16.3. The van der Waals surface area contributed by atoms with Crippen molar-refractivity contribution in [2.45, 2.75) is 0 Å². The summed E-state index contributed by atoms with van der Waals surface area (Å²) < 4.78 is 13.1. The highest BCUT2D eigenvalue weighted by Gasteiger charge is 2.05. The van der Waals surface area contributed by atoms with Crippen molar-refractivity contribution in [3.63, 3.8) is 0 Å². The molecule has 0 atom stereocenters. The van der Waals surface area contributed by atoms with Gasteiger partial charge in [0.2, 0.25) is 0 Å². The van der Waals surface area contributed by atoms with E-state index in [0.29, 0.717) is 0 Å². The Balaban J connectivity index is 1.41. The summed E-state index contributed by atoms with van der Waals surface area (Å²) in [6, 6.07) is 38.1. The third-order valence-corrected chi connectivity index (χ3v) is 5.31. The Kier molecular flexibility index (Phi) is 4.74. The van der Waals surface area contributed by atoms with E-state index in [1.54, 1.807) is 12.1 Å². The molecular weight excluding hydrogens is 369 g/mol. The fourth-order valence-corrected chi connectivity index (χ4v) is 3.80. The van der Waals surface area contributed by atoms with E-state index >= 15 is 0 Å². The van der Waals surface area contributed by atoms with Gasteiger partial charge in [-0.2, -0.15) is 0 Å². The predicted molar refractivity (Wildman–Crippen MR) is 125 cm³/mol. The van der Waals surface area contributed by atoms with Gasteiger partial charge in [-0.3, -0.25) is 0 Å². The van der Waals surface area contributed by atoms with Gasteiger partial charge in [0.25, 0.3) is 0 Å². The smallest absolute Gasteiger partial charge is 0.123 e. The molecule has 0 heterocycles. The summed E-state index contributed by atoms with van der Waals surface area (Å²) in [5, 5.41) is 5.98. The van der Waals surface area contributed by atoms with E-state index < -0.39 is 0 Å². The SMILES string of the molecule is Fc1ccc(-c2ccc(Nc3cccc(-c4cccc5ccccc45)c3)cc2)cc1. The Morgan fingerprint density at radius 3 is 1.97 bits per heavy atom. The Bertz CT molecular complexity index is 1300. The van der Waals surface area contributed by atoms with E-state index in [1.807, 2.05) is 24.3 Å². The molecule has 0 radical (unpaired) electrons. The predicted octanol–water partition coefficient (Wildman–Crippen LogP) is 8.06. The maximum Gasteiger partial charge on any atom is 0.123 e. The van der Waals surface area contributed by atoms with Crippen molar-refractivity contribution in [2.75, 3.05) is 5.32 Å². The van der Waals surface area contributed by atoms with Gasteiger partial charge in [-0.15, -0.1) is 0 Å². The minimum atomic E-state index is -0.219. The molecule has 5 aromatic carbocycles. The second kappa shape index (κ2) is 7.84. The van der Waals surface area contributed by atoms with Crippen LogP contribution in [0.1, 0.15) is 0 Å². The molecular formula is C28H20FN. The first-order valence-electron chi connectivity index (χ1n) is 9.97. The molecule has 2 heteroatoms. The van der Waals surface area contributed by atoms with Crippen LogP contribution in [0.4, 0.5) is 15.8 Å². The van der Waals surface area contributed by atoms with Gasteiger partial charge in [0, 0.05) is 11.4 Å². The lowest BCUT2D eigenvalue weighted by molar-refractivity contribution is 0.628. The summed E-state index contributed by atoms with van der Waals surface area (Å²) in [7, 11) is 0. The van der Waals surface area contributed by atoms with Crippen LogP contribution in [0.3, 0.4) is 0 Å². The molecule has 0 aliphatic rings. The fourth-order valence-electron chi connectivity index (χ4n) is 3.80. The largest absolute Gasteiger partial charge is 0.356 e. The highest BCUT2D eigenvalue weighted by Crippen LogP contribution is 2.31. The van der Waals surface area contributed by atoms with E-state index in [-0.39, 0.29) is 5.82 Å². The molecule has 0 fully saturated rings. The van der Waals surface area contributed by atoms with Crippen LogP contribution in [0, 0.1) is 5.82 Å². The topological polar surface area (TPSA) is 12.0 Å². The molecule has 0 spiro atoms. The van der Waals surface area contributed by atoms with E-state index in [0.717, 1.165) is 22.5 Å². The summed E-state index contributed by atoms with van der Waals surface area (Å²) >= 11 is 0. The Morgan fingerprint density at radius 1 is 0.500 bits per heavy atom. The first kappa shape index (κ1) is 18.1. The summed E-state index contributed by atoms with van der Waals surface area (Å²) in [6.07, 6.45) is 0. The summed E-state index contributed by atoms with van der Waals surface area (Å²) in [5.74, 6) is -0.219. The number of hydrogen-bond acceptors (Lipinski definition) is 1. The second-order valence-corrected chi connectivity index (χ2v) is 7.32. The van der Waals surface area contributed by atoms with Gasteiger partial charge in [0.05, 0.1) is 0 Å². The van der Waals surface area contributed by atoms with E-state index in [2.05, 4.69) is 72.0 Å². The maximum absolute atomic E-state index is 13.1. The molecule has 144 valence electrons. The molecule has 0 aliphatic carbocycles. The average Bonchev–Trinajstić information content (AvgIpc) is 2.80. The van der Waals surface area contributed by atoms with Crippen LogP contribution in [0.2, 0.25) is 0 Å². The number of fused-ring (bicyclic) bond motifs is 1. The molecule has 0 saturated carbocycles. The number of hydrogen-bond donors (Lipinski definition) is 1. The third kappa shape index (κ3) is 3.68. The van der Waals surface area contributed by atoms with Gasteiger partial charge in [-0.25, -0.2) is 4.39 Å². The first-order chi connectivity index (χ1) is 14.8. The van der Waals surface area contributed by atoms with Gasteiger partial charge < -0.3 is 5.32 Å². The molecule has 5 rings (SSSR count). The lowest BCUT2D eigenvalue weighted by Crippen LogP contribution is -1.91. The van der Waals surface area contributed by atoms with Crippen molar-refractivity contribution < 1.29 is 4.39 Å². The molecule has 0 saturated heterocycles. The van der Waals surface area contributed by atoms with Crippen molar-refractivity contribution in [1.82, 2.24) is 0 Å². The van der Waals surface area contributed by atoms with Crippen LogP contribution in [0.15, 0.2) is 115 Å². The number of halogens is 1. The Labute approximate surface area is 175 Å². The molecule has 0 unspecified atom stereocenters. The normalized spacial score (nSPS) is 10.8. The van der Waals surface area contributed by atoms with Gasteiger partial charge in [-0.05, 0) is 69.4 Å². The van der Waals surface area contributed by atoms with Crippen molar-refractivity contribution in [2.24, 2.45) is 0 Å². The maximum atomic E-state index is 13.1. The Morgan fingerprint density at radius 2 is 1.17 bits per heavy atom. The molecule has 0 aliphatic heterocycles. The van der Waals surface area contributed by atoms with E-state index in [9.17, 15) is 4.39 Å². The molecule has 0 aromatic heterocycles. The lowest BCUT2D eigenvalue weighted by Gasteiger charge is -2.11. The summed E-state index contributed by atoms with van der Waals surface area (Å²) in [5.41, 5.74) is 6.51. The highest BCUT2D eigenvalue weighted by atomic mass is 19.1. The van der Waals surface area contributed by atoms with Crippen LogP contribution in [-0.4, -0.2) is 0 Å². The second-order valence-electron chi connectivity index (χ2n) is 7.32. The molecule has 0 bridgehead atoms. The minimum Gasteiger partial charge on any atom is -0.356 e. The van der Waals surface area contributed by atoms with Crippen molar-refractivity contribution in [3.8, 4) is 22.3 Å². The van der Waals surface area contributed by atoms with E-state index in [1.165, 1.54) is 34.0 Å². The zero-order valence-corrected chi connectivity index (χ0v) is 16.3. The van der Waals surface area contributed by atoms with Crippen LogP contribution in [0.25, 0.3) is 33.0 Å². The third-order valence-electron chi connectivity index (χ3n) is 5.31. The number of anilines is 2. The van der Waals surface area contributed by atoms with Gasteiger partial charge >= 0.3 is 0 Å².